The molecule has 0 radical (unpaired) electrons. The minimum absolute atomic E-state index is 0.0432. The minimum Gasteiger partial charge on any atom is -0.493 e. The van der Waals surface area contributed by atoms with Crippen LogP contribution in [-0.4, -0.2) is 13.0 Å². The Morgan fingerprint density at radius 2 is 1.63 bits per heavy atom. The van der Waals surface area contributed by atoms with Crippen LogP contribution in [0.2, 0.25) is 0 Å². The lowest BCUT2D eigenvalue weighted by atomic mass is 10.1. The third-order valence-corrected chi connectivity index (χ3v) is 6.34. The molecule has 0 aliphatic rings. The zero-order valence-corrected chi connectivity index (χ0v) is 22.3. The second-order valence-corrected chi connectivity index (χ2v) is 9.07. The Bertz CT molecular complexity index is 1460. The second-order valence-electron chi connectivity index (χ2n) is 8.21. The molecule has 1 amide bonds. The van der Waals surface area contributed by atoms with E-state index < -0.39 is 5.91 Å². The van der Waals surface area contributed by atoms with Crippen LogP contribution in [0.4, 0.5) is 5.69 Å². The van der Waals surface area contributed by atoms with Crippen LogP contribution in [0.3, 0.4) is 0 Å². The molecule has 0 aliphatic heterocycles. The third-order valence-electron chi connectivity index (χ3n) is 5.57. The number of benzene rings is 4. The van der Waals surface area contributed by atoms with E-state index in [-0.39, 0.29) is 5.57 Å². The van der Waals surface area contributed by atoms with Crippen molar-refractivity contribution in [1.82, 2.24) is 0 Å². The van der Waals surface area contributed by atoms with Crippen molar-refractivity contribution in [2.75, 3.05) is 12.4 Å². The molecule has 0 fully saturated rings. The molecule has 0 heterocycles. The Balaban J connectivity index is 1.39. The lowest BCUT2D eigenvalue weighted by molar-refractivity contribution is -0.112. The fourth-order valence-electron chi connectivity index (χ4n) is 3.55. The van der Waals surface area contributed by atoms with Crippen LogP contribution in [0.15, 0.2) is 107 Å². The first-order valence-corrected chi connectivity index (χ1v) is 12.6. The van der Waals surface area contributed by atoms with E-state index in [0.29, 0.717) is 41.7 Å². The molecule has 0 atom stereocenters. The first-order valence-electron chi connectivity index (χ1n) is 11.8. The van der Waals surface area contributed by atoms with Gasteiger partial charge in [0.1, 0.15) is 30.6 Å². The minimum atomic E-state index is -0.515. The molecule has 6 nitrogen and oxygen atoms in total. The zero-order valence-electron chi connectivity index (χ0n) is 20.7. The highest BCUT2D eigenvalue weighted by Crippen LogP contribution is 2.30. The molecule has 4 aromatic carbocycles. The van der Waals surface area contributed by atoms with Crippen LogP contribution in [-0.2, 0) is 18.0 Å². The summed E-state index contributed by atoms with van der Waals surface area (Å²) >= 11 is 3.51. The fraction of sp³-hybridized carbons (Fsp3) is 0.0968. The van der Waals surface area contributed by atoms with Gasteiger partial charge in [-0.2, -0.15) is 5.26 Å². The van der Waals surface area contributed by atoms with E-state index in [4.69, 9.17) is 14.2 Å². The van der Waals surface area contributed by atoms with Gasteiger partial charge in [0.15, 0.2) is 11.5 Å². The average molecular weight is 569 g/mol. The van der Waals surface area contributed by atoms with E-state index in [2.05, 4.69) is 21.2 Å². The van der Waals surface area contributed by atoms with Crippen molar-refractivity contribution in [3.8, 4) is 23.3 Å². The van der Waals surface area contributed by atoms with E-state index in [1.54, 1.807) is 49.6 Å². The maximum absolute atomic E-state index is 12.8. The monoisotopic (exact) mass is 568 g/mol. The molecular weight excluding hydrogens is 544 g/mol. The van der Waals surface area contributed by atoms with Gasteiger partial charge < -0.3 is 19.5 Å². The summed E-state index contributed by atoms with van der Waals surface area (Å²) < 4.78 is 18.1. The molecule has 0 unspecified atom stereocenters. The molecule has 7 heteroatoms. The number of halogens is 1. The van der Waals surface area contributed by atoms with Gasteiger partial charge in [0.25, 0.3) is 5.91 Å². The van der Waals surface area contributed by atoms with Gasteiger partial charge in [-0.25, -0.2) is 0 Å². The Morgan fingerprint density at radius 3 is 2.34 bits per heavy atom. The number of hydrogen-bond acceptors (Lipinski definition) is 5. The summed E-state index contributed by atoms with van der Waals surface area (Å²) in [4.78, 5) is 12.8. The van der Waals surface area contributed by atoms with E-state index in [0.717, 1.165) is 15.6 Å². The van der Waals surface area contributed by atoms with Gasteiger partial charge in [-0.05, 0) is 59.7 Å². The van der Waals surface area contributed by atoms with Crippen LogP contribution in [0.25, 0.3) is 6.08 Å². The van der Waals surface area contributed by atoms with Crippen LogP contribution in [0.5, 0.6) is 17.2 Å². The smallest absolute Gasteiger partial charge is 0.266 e. The van der Waals surface area contributed by atoms with Gasteiger partial charge in [0.05, 0.1) is 7.11 Å². The van der Waals surface area contributed by atoms with Gasteiger partial charge in [0.2, 0.25) is 0 Å². The highest BCUT2D eigenvalue weighted by atomic mass is 79.9. The normalized spacial score (nSPS) is 10.8. The molecule has 1 N–H and O–H groups in total. The fourth-order valence-corrected chi connectivity index (χ4v) is 3.95. The SMILES string of the molecule is COc1cc(/C=C(\C#N)C(=O)Nc2ccc(OCc3ccccc3)cc2)ccc1OCc1ccccc1Br. The highest BCUT2D eigenvalue weighted by Gasteiger charge is 2.12. The van der Waals surface area contributed by atoms with E-state index in [9.17, 15) is 10.1 Å². The summed E-state index contributed by atoms with van der Waals surface area (Å²) in [6.45, 7) is 0.805. The molecule has 0 saturated carbocycles. The van der Waals surface area contributed by atoms with Crippen LogP contribution in [0, 0.1) is 11.3 Å². The largest absolute Gasteiger partial charge is 0.493 e. The first-order chi connectivity index (χ1) is 18.6. The molecule has 0 saturated heterocycles. The lowest BCUT2D eigenvalue weighted by Gasteiger charge is -2.12. The number of ether oxygens (including phenoxy) is 3. The van der Waals surface area contributed by atoms with Crippen LogP contribution < -0.4 is 19.5 Å². The summed E-state index contributed by atoms with van der Waals surface area (Å²) in [6.07, 6.45) is 1.51. The summed E-state index contributed by atoms with van der Waals surface area (Å²) in [6, 6.07) is 31.9. The number of nitrogens with zero attached hydrogens (tertiary/aromatic N) is 1. The summed E-state index contributed by atoms with van der Waals surface area (Å²) in [5.74, 6) is 1.21. The number of nitriles is 1. The maximum atomic E-state index is 12.8. The number of rotatable bonds is 10. The molecule has 4 rings (SSSR count). The lowest BCUT2D eigenvalue weighted by Crippen LogP contribution is -2.13. The van der Waals surface area contributed by atoms with Crippen molar-refractivity contribution < 1.29 is 19.0 Å². The second kappa shape index (κ2) is 13.1. The molecule has 0 bridgehead atoms. The topological polar surface area (TPSA) is 80.6 Å². The average Bonchev–Trinajstić information content (AvgIpc) is 2.96. The predicted octanol–water partition coefficient (Wildman–Crippen LogP) is 7.16. The van der Waals surface area contributed by atoms with Crippen LogP contribution in [0.1, 0.15) is 16.7 Å². The molecule has 190 valence electrons. The number of amides is 1. The Hall–Kier alpha value is -4.54. The van der Waals surface area contributed by atoms with Gasteiger partial charge in [0, 0.05) is 15.7 Å². The number of carbonyl (C=O) groups excluding carboxylic acids is 1. The van der Waals surface area contributed by atoms with E-state index >= 15 is 0 Å². The molecule has 38 heavy (non-hydrogen) atoms. The number of nitrogens with one attached hydrogen (secondary N) is 1. The van der Waals surface area contributed by atoms with Gasteiger partial charge in [-0.3, -0.25) is 4.79 Å². The van der Waals surface area contributed by atoms with E-state index in [1.165, 1.54) is 6.08 Å². The molecule has 0 spiro atoms. The van der Waals surface area contributed by atoms with Crippen molar-refractivity contribution in [3.05, 3.63) is 124 Å². The quantitative estimate of drug-likeness (QED) is 0.162. The van der Waals surface area contributed by atoms with Crippen molar-refractivity contribution in [2.24, 2.45) is 0 Å². The molecule has 0 aliphatic carbocycles. The standard InChI is InChI=1S/C31H25BrN2O4/c1-36-30-18-23(11-16-29(30)38-21-24-9-5-6-10-28(24)32)17-25(19-33)31(35)34-26-12-14-27(15-13-26)37-20-22-7-3-2-4-8-22/h2-18H,20-21H2,1H3,(H,34,35)/b25-17+. The van der Waals surface area contributed by atoms with Crippen molar-refractivity contribution in [2.45, 2.75) is 13.2 Å². The summed E-state index contributed by atoms with van der Waals surface area (Å²) in [5.41, 5.74) is 3.20. The number of anilines is 1. The van der Waals surface area contributed by atoms with Gasteiger partial charge >= 0.3 is 0 Å². The van der Waals surface area contributed by atoms with Crippen LogP contribution >= 0.6 is 15.9 Å². The van der Waals surface area contributed by atoms with Gasteiger partial charge in [-0.15, -0.1) is 0 Å². The van der Waals surface area contributed by atoms with E-state index in [1.807, 2.05) is 60.7 Å². The zero-order chi connectivity index (χ0) is 26.7. The predicted molar refractivity (Wildman–Crippen MR) is 151 cm³/mol. The number of carbonyl (C=O) groups is 1. The maximum Gasteiger partial charge on any atom is 0.266 e. The van der Waals surface area contributed by atoms with Crippen molar-refractivity contribution >= 4 is 33.6 Å². The highest BCUT2D eigenvalue weighted by molar-refractivity contribution is 9.10. The number of methoxy groups -OCH3 is 1. The van der Waals surface area contributed by atoms with Crippen molar-refractivity contribution in [1.29, 1.82) is 5.26 Å². The molecule has 0 aromatic heterocycles. The number of hydrogen-bond donors (Lipinski definition) is 1. The molecular formula is C31H25BrN2O4. The Labute approximate surface area is 230 Å². The first kappa shape index (κ1) is 26.5. The third kappa shape index (κ3) is 7.25. The molecule has 4 aromatic rings. The van der Waals surface area contributed by atoms with Crippen molar-refractivity contribution in [3.63, 3.8) is 0 Å². The van der Waals surface area contributed by atoms with Gasteiger partial charge in [-0.1, -0.05) is 70.5 Å². The summed E-state index contributed by atoms with van der Waals surface area (Å²) in [7, 11) is 1.54. The summed E-state index contributed by atoms with van der Waals surface area (Å²) in [5, 5.41) is 12.4. The Kier molecular flexibility index (Phi) is 9.17. The Morgan fingerprint density at radius 1 is 0.895 bits per heavy atom.